The van der Waals surface area contributed by atoms with Crippen LogP contribution in [0.4, 0.5) is 0 Å². The molecule has 25 heavy (non-hydrogen) atoms. The summed E-state index contributed by atoms with van der Waals surface area (Å²) in [5.41, 5.74) is 4.51. The van der Waals surface area contributed by atoms with E-state index in [-0.39, 0.29) is 21.8 Å². The van der Waals surface area contributed by atoms with Gasteiger partial charge >= 0.3 is 0 Å². The molecule has 0 aliphatic heterocycles. The first-order chi connectivity index (χ1) is 12.0. The van der Waals surface area contributed by atoms with Crippen molar-refractivity contribution in [3.63, 3.8) is 0 Å². The monoisotopic (exact) mass is 356 g/mol. The second-order valence-corrected chi connectivity index (χ2v) is 5.62. The molecule has 0 radical (unpaired) electrons. The number of aromatic nitrogens is 2. The summed E-state index contributed by atoms with van der Waals surface area (Å²) < 4.78 is 1.08. The van der Waals surface area contributed by atoms with Gasteiger partial charge in [-0.2, -0.15) is 5.10 Å². The summed E-state index contributed by atoms with van der Waals surface area (Å²) in [6.07, 6.45) is 0. The van der Waals surface area contributed by atoms with Crippen molar-refractivity contribution in [1.29, 1.82) is 0 Å². The van der Waals surface area contributed by atoms with E-state index in [1.807, 2.05) is 0 Å². The third-order valence-corrected chi connectivity index (χ3v) is 3.91. The van der Waals surface area contributed by atoms with E-state index >= 15 is 0 Å². The molecule has 1 aromatic heterocycles. The van der Waals surface area contributed by atoms with E-state index in [0.29, 0.717) is 10.8 Å². The molecule has 2 N–H and O–H groups in total. The van der Waals surface area contributed by atoms with Crippen molar-refractivity contribution in [2.45, 2.75) is 0 Å². The van der Waals surface area contributed by atoms with Crippen molar-refractivity contribution in [2.75, 3.05) is 0 Å². The lowest BCUT2D eigenvalue weighted by molar-refractivity contribution is 0.0844. The Morgan fingerprint density at radius 1 is 0.960 bits per heavy atom. The van der Waals surface area contributed by atoms with Gasteiger partial charge in [-0.15, -0.1) is 0 Å². The number of carbonyl (C=O) groups is 2. The first-order valence-corrected chi connectivity index (χ1v) is 7.68. The highest BCUT2D eigenvalue weighted by Gasteiger charge is 2.17. The van der Waals surface area contributed by atoms with Gasteiger partial charge in [0.2, 0.25) is 0 Å². The maximum atomic E-state index is 12.4. The summed E-state index contributed by atoms with van der Waals surface area (Å²) in [5, 5.41) is 5.01. The standard InChI is InChI=1S/C17H13ClN4O3/c1-22-17(25)11-7-3-2-6-10(11)14(21-22)16(24)20-19-15(23)12-8-4-5-9-13(12)18/h2-9H,1H3,(H,19,23)(H,20,24). The number of rotatable bonds is 2. The van der Waals surface area contributed by atoms with Gasteiger partial charge in [-0.25, -0.2) is 4.68 Å². The molecular weight excluding hydrogens is 344 g/mol. The molecule has 8 heteroatoms. The molecule has 0 fully saturated rings. The first-order valence-electron chi connectivity index (χ1n) is 7.30. The Morgan fingerprint density at radius 3 is 2.28 bits per heavy atom. The van der Waals surface area contributed by atoms with Crippen LogP contribution in [0.15, 0.2) is 53.3 Å². The zero-order valence-electron chi connectivity index (χ0n) is 13.1. The van der Waals surface area contributed by atoms with Gasteiger partial charge in [-0.05, 0) is 18.2 Å². The third-order valence-electron chi connectivity index (χ3n) is 3.58. The van der Waals surface area contributed by atoms with Crippen LogP contribution >= 0.6 is 11.6 Å². The van der Waals surface area contributed by atoms with E-state index in [4.69, 9.17) is 11.6 Å². The van der Waals surface area contributed by atoms with Crippen molar-refractivity contribution in [1.82, 2.24) is 20.6 Å². The molecule has 1 heterocycles. The summed E-state index contributed by atoms with van der Waals surface area (Å²) in [5.74, 6) is -1.21. The highest BCUT2D eigenvalue weighted by atomic mass is 35.5. The molecule has 0 bridgehead atoms. The Bertz CT molecular complexity index is 1050. The van der Waals surface area contributed by atoms with Crippen molar-refractivity contribution >= 4 is 34.2 Å². The van der Waals surface area contributed by atoms with E-state index in [2.05, 4.69) is 16.0 Å². The number of hydrogen-bond acceptors (Lipinski definition) is 4. The zero-order chi connectivity index (χ0) is 18.0. The van der Waals surface area contributed by atoms with Crippen LogP contribution < -0.4 is 16.4 Å². The Balaban J connectivity index is 1.86. The molecule has 0 saturated heterocycles. The maximum absolute atomic E-state index is 12.4. The molecule has 0 unspecified atom stereocenters. The van der Waals surface area contributed by atoms with E-state index in [1.165, 1.54) is 13.1 Å². The number of halogens is 1. The number of amides is 2. The van der Waals surface area contributed by atoms with Gasteiger partial charge in [0.05, 0.1) is 16.0 Å². The largest absolute Gasteiger partial charge is 0.290 e. The van der Waals surface area contributed by atoms with Crippen LogP contribution in [0.1, 0.15) is 20.8 Å². The second-order valence-electron chi connectivity index (χ2n) is 5.21. The number of nitrogens with one attached hydrogen (secondary N) is 2. The highest BCUT2D eigenvalue weighted by molar-refractivity contribution is 6.33. The zero-order valence-corrected chi connectivity index (χ0v) is 13.9. The van der Waals surface area contributed by atoms with Crippen molar-refractivity contribution < 1.29 is 9.59 Å². The summed E-state index contributed by atoms with van der Waals surface area (Å²) >= 11 is 5.94. The van der Waals surface area contributed by atoms with Gasteiger partial charge in [-0.3, -0.25) is 25.2 Å². The number of aryl methyl sites for hydroxylation is 1. The van der Waals surface area contributed by atoms with Crippen LogP contribution in [0.3, 0.4) is 0 Å². The molecule has 2 aromatic carbocycles. The Morgan fingerprint density at radius 2 is 1.56 bits per heavy atom. The van der Waals surface area contributed by atoms with Crippen LogP contribution in [0.2, 0.25) is 5.02 Å². The molecule has 3 rings (SSSR count). The predicted molar refractivity (Wildman–Crippen MR) is 93.4 cm³/mol. The lowest BCUT2D eigenvalue weighted by Crippen LogP contribution is -2.42. The average molecular weight is 357 g/mol. The minimum atomic E-state index is -0.646. The molecule has 7 nitrogen and oxygen atoms in total. The Hall–Kier alpha value is -3.19. The van der Waals surface area contributed by atoms with E-state index < -0.39 is 11.8 Å². The normalized spacial score (nSPS) is 10.5. The van der Waals surface area contributed by atoms with E-state index in [1.54, 1.807) is 42.5 Å². The number of nitrogens with zero attached hydrogens (tertiary/aromatic N) is 2. The number of benzene rings is 2. The Labute approximate surface area is 147 Å². The van der Waals surface area contributed by atoms with E-state index in [0.717, 1.165) is 4.68 Å². The lowest BCUT2D eigenvalue weighted by Gasteiger charge is -2.10. The number of fused-ring (bicyclic) bond motifs is 1. The van der Waals surface area contributed by atoms with Crippen molar-refractivity contribution in [3.8, 4) is 0 Å². The quantitative estimate of drug-likeness (QED) is 0.683. The molecule has 0 atom stereocenters. The van der Waals surface area contributed by atoms with Gasteiger partial charge < -0.3 is 0 Å². The van der Waals surface area contributed by atoms with Crippen molar-refractivity contribution in [3.05, 3.63) is 75.2 Å². The summed E-state index contributed by atoms with van der Waals surface area (Å²) in [4.78, 5) is 36.6. The van der Waals surface area contributed by atoms with Gasteiger partial charge in [0, 0.05) is 12.4 Å². The smallest absolute Gasteiger partial charge is 0.267 e. The SMILES string of the molecule is Cn1nc(C(=O)NNC(=O)c2ccccc2Cl)c2ccccc2c1=O. The fraction of sp³-hybridized carbons (Fsp3) is 0.0588. The summed E-state index contributed by atoms with van der Waals surface area (Å²) in [6, 6.07) is 13.1. The first kappa shape index (κ1) is 16.7. The Kier molecular flexibility index (Phi) is 4.49. The van der Waals surface area contributed by atoms with Gasteiger partial charge in [0.1, 0.15) is 0 Å². The van der Waals surface area contributed by atoms with Crippen LogP contribution in [0.5, 0.6) is 0 Å². The molecule has 0 aliphatic rings. The van der Waals surface area contributed by atoms with Gasteiger partial charge in [0.25, 0.3) is 17.4 Å². The van der Waals surface area contributed by atoms with Crippen LogP contribution in [0.25, 0.3) is 10.8 Å². The molecular formula is C17H13ClN4O3. The van der Waals surface area contributed by atoms with Gasteiger partial charge in [0.15, 0.2) is 5.69 Å². The third kappa shape index (κ3) is 3.22. The van der Waals surface area contributed by atoms with E-state index in [9.17, 15) is 14.4 Å². The van der Waals surface area contributed by atoms with Gasteiger partial charge in [-0.1, -0.05) is 41.9 Å². The summed E-state index contributed by atoms with van der Waals surface area (Å²) in [7, 11) is 1.45. The van der Waals surface area contributed by atoms with Crippen molar-refractivity contribution in [2.24, 2.45) is 7.05 Å². The molecule has 3 aromatic rings. The molecule has 0 saturated carbocycles. The predicted octanol–water partition coefficient (Wildman–Crippen LogP) is 1.66. The minimum absolute atomic E-state index is 0.0251. The van der Waals surface area contributed by atoms with Crippen LogP contribution in [-0.2, 0) is 7.05 Å². The summed E-state index contributed by atoms with van der Waals surface area (Å²) in [6.45, 7) is 0. The molecule has 2 amide bonds. The fourth-order valence-electron chi connectivity index (χ4n) is 2.35. The second kappa shape index (κ2) is 6.74. The molecule has 0 aliphatic carbocycles. The minimum Gasteiger partial charge on any atom is -0.267 e. The maximum Gasteiger partial charge on any atom is 0.290 e. The highest BCUT2D eigenvalue weighted by Crippen LogP contribution is 2.15. The van der Waals surface area contributed by atoms with Crippen LogP contribution in [0, 0.1) is 0 Å². The van der Waals surface area contributed by atoms with Crippen LogP contribution in [-0.4, -0.2) is 21.6 Å². The number of hydrogen-bond donors (Lipinski definition) is 2. The molecule has 0 spiro atoms. The lowest BCUT2D eigenvalue weighted by atomic mass is 10.1. The fourth-order valence-corrected chi connectivity index (χ4v) is 2.57. The average Bonchev–Trinajstić information content (AvgIpc) is 2.63. The molecule has 126 valence electrons. The topological polar surface area (TPSA) is 93.1 Å². The number of hydrazine groups is 1. The number of carbonyl (C=O) groups excluding carboxylic acids is 2.